The molecule has 0 fully saturated rings. The Morgan fingerprint density at radius 1 is 0.188 bits per heavy atom. The van der Waals surface area contributed by atoms with Crippen LogP contribution in [0.15, 0.2) is 255 Å². The van der Waals surface area contributed by atoms with Crippen molar-refractivity contribution in [3.8, 4) is 55.6 Å². The van der Waals surface area contributed by atoms with Crippen molar-refractivity contribution in [2.75, 3.05) is 9.80 Å². The fourth-order valence-electron chi connectivity index (χ4n) is 8.51. The van der Waals surface area contributed by atoms with Crippen LogP contribution in [-0.2, 0) is 0 Å². The van der Waals surface area contributed by atoms with Crippen LogP contribution in [0.25, 0.3) is 55.6 Å². The molecule has 0 aliphatic rings. The van der Waals surface area contributed by atoms with Crippen LogP contribution in [0.1, 0.15) is 11.1 Å². The summed E-state index contributed by atoms with van der Waals surface area (Å²) >= 11 is 0. The minimum absolute atomic E-state index is 1.10. The van der Waals surface area contributed by atoms with E-state index in [1.807, 2.05) is 0 Å². The molecule has 306 valence electrons. The zero-order valence-corrected chi connectivity index (χ0v) is 36.1. The van der Waals surface area contributed by atoms with E-state index in [4.69, 9.17) is 0 Å². The highest BCUT2D eigenvalue weighted by atomic mass is 15.1. The van der Waals surface area contributed by atoms with E-state index in [2.05, 4.69) is 278 Å². The van der Waals surface area contributed by atoms with E-state index in [-0.39, 0.29) is 0 Å². The Bertz CT molecular complexity index is 2880. The van der Waals surface area contributed by atoms with Gasteiger partial charge in [-0.2, -0.15) is 0 Å². The maximum absolute atomic E-state index is 2.33. The molecule has 2 nitrogen and oxygen atoms in total. The van der Waals surface area contributed by atoms with E-state index < -0.39 is 0 Å². The van der Waals surface area contributed by atoms with Crippen molar-refractivity contribution in [3.63, 3.8) is 0 Å². The van der Waals surface area contributed by atoms with Gasteiger partial charge in [-0.3, -0.25) is 0 Å². The van der Waals surface area contributed by atoms with Crippen molar-refractivity contribution in [2.45, 2.75) is 13.8 Å². The summed E-state index contributed by atoms with van der Waals surface area (Å²) in [6.45, 7) is 4.27. The molecule has 0 aliphatic heterocycles. The summed E-state index contributed by atoms with van der Waals surface area (Å²) in [6.07, 6.45) is 0. The minimum Gasteiger partial charge on any atom is -0.311 e. The highest BCUT2D eigenvalue weighted by Gasteiger charge is 2.16. The number of rotatable bonds is 11. The van der Waals surface area contributed by atoms with Gasteiger partial charge in [-0.05, 0) is 154 Å². The summed E-state index contributed by atoms with van der Waals surface area (Å²) in [4.78, 5) is 4.67. The third kappa shape index (κ3) is 8.63. The van der Waals surface area contributed by atoms with Gasteiger partial charge in [0.15, 0.2) is 0 Å². The molecule has 0 N–H and O–H groups in total. The summed E-state index contributed by atoms with van der Waals surface area (Å²) in [7, 11) is 0. The van der Waals surface area contributed by atoms with Crippen LogP contribution in [0, 0.1) is 13.8 Å². The molecular weight excluding hydrogens is 773 g/mol. The first-order valence-electron chi connectivity index (χ1n) is 22.0. The smallest absolute Gasteiger partial charge is 0.0462 e. The molecule has 0 amide bonds. The molecule has 10 rings (SSSR count). The SMILES string of the molecule is Cc1ccc(N(c2ccc(-c3ccc(N(c4ccc(C)cc4)c4ccc(-c5cccc(-c6ccccc6)c5)cc4)cc3)cc2)c2ccc(-c3cccc(-c4ccccc4)c3)cc2)cc1. The summed E-state index contributed by atoms with van der Waals surface area (Å²) in [6, 6.07) is 92.0. The summed E-state index contributed by atoms with van der Waals surface area (Å²) in [5.74, 6) is 0. The fraction of sp³-hybridized carbons (Fsp3) is 0.0323. The van der Waals surface area contributed by atoms with E-state index in [9.17, 15) is 0 Å². The second kappa shape index (κ2) is 18.0. The van der Waals surface area contributed by atoms with Gasteiger partial charge in [-0.15, -0.1) is 0 Å². The van der Waals surface area contributed by atoms with Crippen molar-refractivity contribution < 1.29 is 0 Å². The molecule has 0 saturated carbocycles. The Morgan fingerprint density at radius 3 is 0.656 bits per heavy atom. The molecule has 0 aliphatic carbocycles. The molecule has 2 heteroatoms. The molecule has 0 unspecified atom stereocenters. The Kier molecular flexibility index (Phi) is 11.2. The molecule has 0 atom stereocenters. The van der Waals surface area contributed by atoms with Crippen molar-refractivity contribution in [1.29, 1.82) is 0 Å². The number of nitrogens with zero attached hydrogens (tertiary/aromatic N) is 2. The Balaban J connectivity index is 0.919. The highest BCUT2D eigenvalue weighted by molar-refractivity contribution is 5.83. The molecule has 0 heterocycles. The quantitative estimate of drug-likeness (QED) is 0.128. The number of hydrogen-bond acceptors (Lipinski definition) is 2. The first-order valence-corrected chi connectivity index (χ1v) is 22.0. The predicted octanol–water partition coefficient (Wildman–Crippen LogP) is 17.6. The van der Waals surface area contributed by atoms with Gasteiger partial charge in [-0.1, -0.05) is 181 Å². The van der Waals surface area contributed by atoms with Crippen LogP contribution in [0.5, 0.6) is 0 Å². The molecule has 0 aromatic heterocycles. The second-order valence-corrected chi connectivity index (χ2v) is 16.4. The van der Waals surface area contributed by atoms with Gasteiger partial charge in [0.25, 0.3) is 0 Å². The van der Waals surface area contributed by atoms with Crippen LogP contribution in [0.3, 0.4) is 0 Å². The lowest BCUT2D eigenvalue weighted by molar-refractivity contribution is 1.27. The predicted molar refractivity (Wildman–Crippen MR) is 272 cm³/mol. The van der Waals surface area contributed by atoms with Gasteiger partial charge in [0.2, 0.25) is 0 Å². The third-order valence-electron chi connectivity index (χ3n) is 12.0. The van der Waals surface area contributed by atoms with Gasteiger partial charge >= 0.3 is 0 Å². The van der Waals surface area contributed by atoms with Gasteiger partial charge in [0.05, 0.1) is 0 Å². The lowest BCUT2D eigenvalue weighted by Crippen LogP contribution is -2.10. The lowest BCUT2D eigenvalue weighted by Gasteiger charge is -2.26. The lowest BCUT2D eigenvalue weighted by atomic mass is 9.98. The van der Waals surface area contributed by atoms with Gasteiger partial charge in [0.1, 0.15) is 0 Å². The van der Waals surface area contributed by atoms with Crippen molar-refractivity contribution >= 4 is 34.1 Å². The summed E-state index contributed by atoms with van der Waals surface area (Å²) < 4.78 is 0. The highest BCUT2D eigenvalue weighted by Crippen LogP contribution is 2.40. The number of benzene rings is 10. The topological polar surface area (TPSA) is 6.48 Å². The Hall–Kier alpha value is -8.20. The van der Waals surface area contributed by atoms with Crippen molar-refractivity contribution in [3.05, 3.63) is 266 Å². The van der Waals surface area contributed by atoms with E-state index in [1.54, 1.807) is 0 Å². The van der Waals surface area contributed by atoms with Crippen molar-refractivity contribution in [1.82, 2.24) is 0 Å². The monoisotopic (exact) mass is 820 g/mol. The van der Waals surface area contributed by atoms with E-state index >= 15 is 0 Å². The average molecular weight is 821 g/mol. The maximum atomic E-state index is 2.33. The summed E-state index contributed by atoms with van der Waals surface area (Å²) in [5, 5.41) is 0. The molecule has 0 bridgehead atoms. The largest absolute Gasteiger partial charge is 0.311 e. The first kappa shape index (κ1) is 39.9. The summed E-state index contributed by atoms with van der Waals surface area (Å²) in [5.41, 5.74) is 21.1. The molecule has 0 saturated heterocycles. The van der Waals surface area contributed by atoms with Crippen LogP contribution < -0.4 is 9.80 Å². The second-order valence-electron chi connectivity index (χ2n) is 16.4. The zero-order valence-electron chi connectivity index (χ0n) is 36.1. The molecule has 64 heavy (non-hydrogen) atoms. The van der Waals surface area contributed by atoms with E-state index in [1.165, 1.54) is 55.6 Å². The molecule has 10 aromatic rings. The van der Waals surface area contributed by atoms with Crippen LogP contribution in [0.2, 0.25) is 0 Å². The van der Waals surface area contributed by atoms with Crippen LogP contribution in [0.4, 0.5) is 34.1 Å². The number of aryl methyl sites for hydroxylation is 2. The molecule has 0 radical (unpaired) electrons. The van der Waals surface area contributed by atoms with Crippen molar-refractivity contribution in [2.24, 2.45) is 0 Å². The fourth-order valence-corrected chi connectivity index (χ4v) is 8.51. The maximum Gasteiger partial charge on any atom is 0.0462 e. The Morgan fingerprint density at radius 2 is 0.391 bits per heavy atom. The zero-order chi connectivity index (χ0) is 43.2. The number of anilines is 6. The van der Waals surface area contributed by atoms with Gasteiger partial charge < -0.3 is 9.80 Å². The standard InChI is InChI=1S/C62H48N2/c1-45-19-31-57(32-20-45)63(61-39-27-51(28-40-61)55-17-9-15-53(43-55)47-11-5-3-6-12-47)59-35-23-49(24-36-59)50-25-37-60(38-26-50)64(58-33-21-46(2)22-34-58)62-41-29-52(30-42-62)56-18-10-16-54(44-56)48-13-7-4-8-14-48/h3-44H,1-2H3. The van der Waals surface area contributed by atoms with Crippen LogP contribution in [-0.4, -0.2) is 0 Å². The first-order chi connectivity index (χ1) is 31.5. The van der Waals surface area contributed by atoms with E-state index in [0.717, 1.165) is 45.3 Å². The van der Waals surface area contributed by atoms with E-state index in [0.29, 0.717) is 0 Å². The molecular formula is C62H48N2. The molecule has 0 spiro atoms. The van der Waals surface area contributed by atoms with Gasteiger partial charge in [-0.25, -0.2) is 0 Å². The molecule has 10 aromatic carbocycles. The third-order valence-corrected chi connectivity index (χ3v) is 12.0. The van der Waals surface area contributed by atoms with Gasteiger partial charge in [0, 0.05) is 34.1 Å². The van der Waals surface area contributed by atoms with Crippen LogP contribution >= 0.6 is 0 Å². The average Bonchev–Trinajstić information content (AvgIpc) is 3.37. The Labute approximate surface area is 377 Å². The number of hydrogen-bond donors (Lipinski definition) is 0. The minimum atomic E-state index is 1.10. The normalized spacial score (nSPS) is 11.0.